The van der Waals surface area contributed by atoms with Crippen LogP contribution >= 0.6 is 0 Å². The van der Waals surface area contributed by atoms with Gasteiger partial charge in [-0.15, -0.1) is 0 Å². The predicted octanol–water partition coefficient (Wildman–Crippen LogP) is 0.313. The fourth-order valence-electron chi connectivity index (χ4n) is 2.02. The Morgan fingerprint density at radius 3 is 2.76 bits per heavy atom. The van der Waals surface area contributed by atoms with Gasteiger partial charge in [-0.2, -0.15) is 0 Å². The molecule has 0 aromatic heterocycles. The average molecular weight is 236 g/mol. The number of benzene rings is 1. The molecule has 1 aliphatic heterocycles. The largest absolute Gasteiger partial charge is 0.492 e. The lowest BCUT2D eigenvalue weighted by molar-refractivity contribution is 0.0266. The first-order valence-electron chi connectivity index (χ1n) is 5.90. The Morgan fingerprint density at radius 1 is 1.35 bits per heavy atom. The molecule has 17 heavy (non-hydrogen) atoms. The van der Waals surface area contributed by atoms with E-state index < -0.39 is 7.12 Å². The van der Waals surface area contributed by atoms with Crippen LogP contribution in [-0.4, -0.2) is 36.0 Å². The highest BCUT2D eigenvalue weighted by molar-refractivity contribution is 6.59. The summed E-state index contributed by atoms with van der Waals surface area (Å²) < 4.78 is 11.2. The van der Waals surface area contributed by atoms with Crippen molar-refractivity contribution in [1.82, 2.24) is 0 Å². The first-order valence-corrected chi connectivity index (χ1v) is 5.90. The van der Waals surface area contributed by atoms with E-state index in [4.69, 9.17) is 9.47 Å². The zero-order valence-electron chi connectivity index (χ0n) is 9.87. The topological polar surface area (TPSA) is 58.9 Å². The first kappa shape index (κ1) is 12.4. The second-order valence-electron chi connectivity index (χ2n) is 4.37. The first-order chi connectivity index (χ1) is 8.16. The van der Waals surface area contributed by atoms with Gasteiger partial charge in [0, 0.05) is 5.46 Å². The maximum absolute atomic E-state index is 9.18. The molecule has 2 N–H and O–H groups in total. The van der Waals surface area contributed by atoms with E-state index in [1.54, 1.807) is 24.3 Å². The molecule has 5 heteroatoms. The number of para-hydroxylation sites is 1. The second-order valence-corrected chi connectivity index (χ2v) is 4.37. The van der Waals surface area contributed by atoms with Crippen LogP contribution in [0.4, 0.5) is 0 Å². The Balaban J connectivity index is 1.94. The van der Waals surface area contributed by atoms with E-state index in [-0.39, 0.29) is 6.10 Å². The summed E-state index contributed by atoms with van der Waals surface area (Å²) in [4.78, 5) is 0. The Labute approximate surface area is 101 Å². The van der Waals surface area contributed by atoms with Crippen molar-refractivity contribution in [2.24, 2.45) is 0 Å². The SMILES string of the molecule is CC1CCC(COc2ccccc2B(O)O)O1. The van der Waals surface area contributed by atoms with Crippen LogP contribution < -0.4 is 10.2 Å². The van der Waals surface area contributed by atoms with E-state index in [2.05, 4.69) is 0 Å². The molecule has 1 aromatic carbocycles. The van der Waals surface area contributed by atoms with Crippen molar-refractivity contribution in [2.45, 2.75) is 32.0 Å². The standard InChI is InChI=1S/C12H17BO4/c1-9-6-7-10(17-9)8-16-12-5-3-2-4-11(12)13(14)15/h2-5,9-10,14-15H,6-8H2,1H3. The summed E-state index contributed by atoms with van der Waals surface area (Å²) in [6, 6.07) is 6.92. The second kappa shape index (κ2) is 5.53. The minimum atomic E-state index is -1.50. The lowest BCUT2D eigenvalue weighted by Gasteiger charge is -2.15. The number of hydrogen-bond acceptors (Lipinski definition) is 4. The molecule has 0 aliphatic carbocycles. The van der Waals surface area contributed by atoms with Crippen LogP contribution in [0.1, 0.15) is 19.8 Å². The Morgan fingerprint density at radius 2 is 2.12 bits per heavy atom. The van der Waals surface area contributed by atoms with Gasteiger partial charge in [-0.25, -0.2) is 0 Å². The van der Waals surface area contributed by atoms with Gasteiger partial charge >= 0.3 is 7.12 Å². The molecule has 2 unspecified atom stereocenters. The quantitative estimate of drug-likeness (QED) is 0.739. The molecule has 0 radical (unpaired) electrons. The Bertz CT molecular complexity index is 369. The third-order valence-electron chi connectivity index (χ3n) is 2.94. The van der Waals surface area contributed by atoms with Gasteiger partial charge in [0.1, 0.15) is 12.4 Å². The van der Waals surface area contributed by atoms with Crippen molar-refractivity contribution in [3.05, 3.63) is 24.3 Å². The highest BCUT2D eigenvalue weighted by Crippen LogP contribution is 2.20. The van der Waals surface area contributed by atoms with Crippen LogP contribution in [0.3, 0.4) is 0 Å². The molecular weight excluding hydrogens is 219 g/mol. The predicted molar refractivity (Wildman–Crippen MR) is 65.3 cm³/mol. The van der Waals surface area contributed by atoms with Crippen LogP contribution in [0.15, 0.2) is 24.3 Å². The van der Waals surface area contributed by atoms with Gasteiger partial charge in [0.15, 0.2) is 0 Å². The van der Waals surface area contributed by atoms with Crippen molar-refractivity contribution in [2.75, 3.05) is 6.61 Å². The van der Waals surface area contributed by atoms with Crippen molar-refractivity contribution < 1.29 is 19.5 Å². The monoisotopic (exact) mass is 236 g/mol. The van der Waals surface area contributed by atoms with Gasteiger partial charge in [0.05, 0.1) is 12.2 Å². The Hall–Kier alpha value is -1.04. The van der Waals surface area contributed by atoms with Gasteiger partial charge in [0.2, 0.25) is 0 Å². The van der Waals surface area contributed by atoms with Gasteiger partial charge in [0.25, 0.3) is 0 Å². The third-order valence-corrected chi connectivity index (χ3v) is 2.94. The average Bonchev–Trinajstić information content (AvgIpc) is 2.73. The van der Waals surface area contributed by atoms with Crippen molar-refractivity contribution in [3.63, 3.8) is 0 Å². The van der Waals surface area contributed by atoms with Crippen molar-refractivity contribution >= 4 is 12.6 Å². The van der Waals surface area contributed by atoms with Gasteiger partial charge in [-0.05, 0) is 25.8 Å². The highest BCUT2D eigenvalue weighted by atomic mass is 16.5. The van der Waals surface area contributed by atoms with E-state index in [9.17, 15) is 10.0 Å². The highest BCUT2D eigenvalue weighted by Gasteiger charge is 2.23. The van der Waals surface area contributed by atoms with Gasteiger partial charge < -0.3 is 19.5 Å². The van der Waals surface area contributed by atoms with Crippen LogP contribution in [-0.2, 0) is 4.74 Å². The summed E-state index contributed by atoms with van der Waals surface area (Å²) in [7, 11) is -1.50. The zero-order chi connectivity index (χ0) is 12.3. The molecular formula is C12H17BO4. The molecule has 0 amide bonds. The molecule has 2 atom stereocenters. The molecule has 4 nitrogen and oxygen atoms in total. The number of ether oxygens (including phenoxy) is 2. The van der Waals surface area contributed by atoms with Crippen molar-refractivity contribution in [3.8, 4) is 5.75 Å². The lowest BCUT2D eigenvalue weighted by Crippen LogP contribution is -2.32. The molecule has 1 saturated heterocycles. The van der Waals surface area contributed by atoms with Crippen LogP contribution in [0.2, 0.25) is 0 Å². The lowest BCUT2D eigenvalue weighted by atomic mass is 9.79. The van der Waals surface area contributed by atoms with E-state index in [1.807, 2.05) is 6.92 Å². The van der Waals surface area contributed by atoms with E-state index in [0.29, 0.717) is 23.9 Å². The van der Waals surface area contributed by atoms with E-state index in [0.717, 1.165) is 12.8 Å². The number of rotatable bonds is 4. The summed E-state index contributed by atoms with van der Waals surface area (Å²) in [6.45, 7) is 2.50. The van der Waals surface area contributed by atoms with Gasteiger partial charge in [-0.1, -0.05) is 18.2 Å². The summed E-state index contributed by atoms with van der Waals surface area (Å²) in [5.74, 6) is 0.505. The van der Waals surface area contributed by atoms with E-state index in [1.165, 1.54) is 0 Å². The van der Waals surface area contributed by atoms with Crippen molar-refractivity contribution in [1.29, 1.82) is 0 Å². The molecule has 0 bridgehead atoms. The van der Waals surface area contributed by atoms with Crippen LogP contribution in [0.25, 0.3) is 0 Å². The third kappa shape index (κ3) is 3.22. The van der Waals surface area contributed by atoms with Crippen LogP contribution in [0.5, 0.6) is 5.75 Å². The molecule has 1 fully saturated rings. The summed E-state index contributed by atoms with van der Waals surface area (Å²) in [5.41, 5.74) is 0.388. The molecule has 1 heterocycles. The molecule has 92 valence electrons. The van der Waals surface area contributed by atoms with E-state index >= 15 is 0 Å². The summed E-state index contributed by atoms with van der Waals surface area (Å²) >= 11 is 0. The summed E-state index contributed by atoms with van der Waals surface area (Å²) in [5, 5.41) is 18.4. The Kier molecular flexibility index (Phi) is 4.04. The molecule has 1 aromatic rings. The fraction of sp³-hybridized carbons (Fsp3) is 0.500. The molecule has 2 rings (SSSR count). The molecule has 0 spiro atoms. The molecule has 1 aliphatic rings. The smallest absolute Gasteiger partial charge is 0.491 e. The minimum absolute atomic E-state index is 0.105. The zero-order valence-corrected chi connectivity index (χ0v) is 9.87. The maximum atomic E-state index is 9.18. The maximum Gasteiger partial charge on any atom is 0.492 e. The summed E-state index contributed by atoms with van der Waals surface area (Å²) in [6.07, 6.45) is 2.44. The number of hydrogen-bond donors (Lipinski definition) is 2. The molecule has 0 saturated carbocycles. The van der Waals surface area contributed by atoms with Crippen LogP contribution in [0, 0.1) is 0 Å². The minimum Gasteiger partial charge on any atom is -0.491 e. The fourth-order valence-corrected chi connectivity index (χ4v) is 2.02. The normalized spacial score (nSPS) is 23.7. The van der Waals surface area contributed by atoms with Gasteiger partial charge in [-0.3, -0.25) is 0 Å².